The molecule has 0 saturated heterocycles. The van der Waals surface area contributed by atoms with Gasteiger partial charge in [-0.25, -0.2) is 9.97 Å². The first-order chi connectivity index (χ1) is 18.8. The van der Waals surface area contributed by atoms with Gasteiger partial charge in [-0.1, -0.05) is 24.3 Å². The van der Waals surface area contributed by atoms with Gasteiger partial charge in [-0.3, -0.25) is 0 Å². The standard InChI is InChI=1S/C30H16N2O6/c1-3-7-19-17(5-1)31-29(37-19)27-15-13-25(35-27)23-11-9-21(33-23)22-10-12-24(34-22)26-14-16-28(36-26)30-32-18-6-2-4-8-20(18)38-30/h1-16H. The van der Waals surface area contributed by atoms with Crippen LogP contribution in [-0.2, 0) is 0 Å². The first-order valence-corrected chi connectivity index (χ1v) is 11.9. The van der Waals surface area contributed by atoms with Gasteiger partial charge >= 0.3 is 0 Å². The summed E-state index contributed by atoms with van der Waals surface area (Å²) in [6.45, 7) is 0. The van der Waals surface area contributed by atoms with Crippen molar-refractivity contribution in [1.29, 1.82) is 0 Å². The first kappa shape index (κ1) is 20.7. The average molecular weight is 500 g/mol. The van der Waals surface area contributed by atoms with Gasteiger partial charge in [-0.15, -0.1) is 0 Å². The quantitative estimate of drug-likeness (QED) is 0.231. The molecule has 0 saturated carbocycles. The van der Waals surface area contributed by atoms with Gasteiger partial charge < -0.3 is 26.5 Å². The second-order valence-corrected chi connectivity index (χ2v) is 8.63. The third-order valence-electron chi connectivity index (χ3n) is 6.16. The molecule has 0 radical (unpaired) electrons. The smallest absolute Gasteiger partial charge is 0.263 e. The third-order valence-corrected chi connectivity index (χ3v) is 6.16. The number of rotatable bonds is 5. The fraction of sp³-hybridized carbons (Fsp3) is 0. The van der Waals surface area contributed by atoms with Crippen molar-refractivity contribution in [3.63, 3.8) is 0 Å². The molecule has 38 heavy (non-hydrogen) atoms. The van der Waals surface area contributed by atoms with Crippen molar-refractivity contribution in [3.8, 4) is 57.9 Å². The van der Waals surface area contributed by atoms with E-state index in [0.717, 1.165) is 11.0 Å². The molecular weight excluding hydrogens is 484 g/mol. The van der Waals surface area contributed by atoms with Crippen LogP contribution in [-0.4, -0.2) is 9.97 Å². The van der Waals surface area contributed by atoms with Gasteiger partial charge in [-0.05, 0) is 72.8 Å². The van der Waals surface area contributed by atoms with Gasteiger partial charge in [0.25, 0.3) is 11.8 Å². The lowest BCUT2D eigenvalue weighted by atomic mass is 10.3. The number of aromatic nitrogens is 2. The van der Waals surface area contributed by atoms with Crippen molar-refractivity contribution in [2.45, 2.75) is 0 Å². The van der Waals surface area contributed by atoms with Crippen molar-refractivity contribution < 1.29 is 26.5 Å². The molecule has 0 aliphatic carbocycles. The minimum Gasteiger partial charge on any atom is -0.450 e. The molecular formula is C30H16N2O6. The summed E-state index contributed by atoms with van der Waals surface area (Å²) in [4.78, 5) is 8.96. The maximum absolute atomic E-state index is 6.03. The zero-order valence-electron chi connectivity index (χ0n) is 19.6. The summed E-state index contributed by atoms with van der Waals surface area (Å²) in [6.07, 6.45) is 0. The highest BCUT2D eigenvalue weighted by atomic mass is 16.4. The predicted molar refractivity (Wildman–Crippen MR) is 138 cm³/mol. The Hall–Kier alpha value is -5.50. The fourth-order valence-corrected chi connectivity index (χ4v) is 4.33. The van der Waals surface area contributed by atoms with Gasteiger partial charge in [0, 0.05) is 0 Å². The van der Waals surface area contributed by atoms with Crippen LogP contribution in [0.15, 0.2) is 124 Å². The highest BCUT2D eigenvalue weighted by Crippen LogP contribution is 2.36. The molecule has 0 aliphatic heterocycles. The second kappa shape index (κ2) is 8.01. The van der Waals surface area contributed by atoms with E-state index in [1.54, 1.807) is 12.1 Å². The van der Waals surface area contributed by atoms with E-state index in [0.29, 0.717) is 69.0 Å². The summed E-state index contributed by atoms with van der Waals surface area (Å²) in [5.74, 6) is 5.17. The molecule has 6 aromatic heterocycles. The normalized spacial score (nSPS) is 11.7. The average Bonchev–Trinajstić information content (AvgIpc) is 3.76. The third kappa shape index (κ3) is 3.39. The molecule has 0 N–H and O–H groups in total. The van der Waals surface area contributed by atoms with E-state index in [2.05, 4.69) is 9.97 Å². The molecule has 8 aromatic rings. The highest BCUT2D eigenvalue weighted by Gasteiger charge is 2.19. The first-order valence-electron chi connectivity index (χ1n) is 11.9. The van der Waals surface area contributed by atoms with Crippen LogP contribution in [0.25, 0.3) is 80.1 Å². The Balaban J connectivity index is 1.04. The van der Waals surface area contributed by atoms with E-state index in [-0.39, 0.29) is 0 Å². The molecule has 0 bridgehead atoms. The number of benzene rings is 2. The number of hydrogen-bond donors (Lipinski definition) is 0. The van der Waals surface area contributed by atoms with E-state index in [1.165, 1.54) is 0 Å². The maximum Gasteiger partial charge on any atom is 0.263 e. The summed E-state index contributed by atoms with van der Waals surface area (Å²) in [6, 6.07) is 29.7. The number of nitrogens with zero attached hydrogens (tertiary/aromatic N) is 2. The Morgan fingerprint density at radius 2 is 0.632 bits per heavy atom. The van der Waals surface area contributed by atoms with Gasteiger partial charge in [0.1, 0.15) is 11.0 Å². The van der Waals surface area contributed by atoms with Crippen LogP contribution in [0, 0.1) is 0 Å². The molecule has 0 fully saturated rings. The van der Waals surface area contributed by atoms with Crippen LogP contribution in [0.5, 0.6) is 0 Å². The zero-order chi connectivity index (χ0) is 25.1. The molecule has 0 spiro atoms. The van der Waals surface area contributed by atoms with Gasteiger partial charge in [0.05, 0.1) is 0 Å². The van der Waals surface area contributed by atoms with Crippen molar-refractivity contribution in [2.24, 2.45) is 0 Å². The SMILES string of the molecule is c1ccc2oc(-c3ccc(-c4ccc(-c5ccc(-c6ccc(-c7nc8ccccc8o7)o6)o5)o4)o3)nc2c1. The van der Waals surface area contributed by atoms with E-state index >= 15 is 0 Å². The molecule has 8 rings (SSSR count). The molecule has 6 heterocycles. The van der Waals surface area contributed by atoms with Crippen LogP contribution in [0.2, 0.25) is 0 Å². The summed E-state index contributed by atoms with van der Waals surface area (Å²) in [5.41, 5.74) is 2.94. The van der Waals surface area contributed by atoms with Crippen LogP contribution in [0.4, 0.5) is 0 Å². The van der Waals surface area contributed by atoms with Gasteiger partial charge in [0.15, 0.2) is 57.2 Å². The molecule has 182 valence electrons. The van der Waals surface area contributed by atoms with Gasteiger partial charge in [0.2, 0.25) is 0 Å². The van der Waals surface area contributed by atoms with Crippen LogP contribution in [0.3, 0.4) is 0 Å². The predicted octanol–water partition coefficient (Wildman–Crippen LogP) is 8.68. The number of oxazole rings is 2. The minimum atomic E-state index is 0.413. The largest absolute Gasteiger partial charge is 0.450 e. The van der Waals surface area contributed by atoms with Crippen molar-refractivity contribution in [3.05, 3.63) is 97.1 Å². The number of furan rings is 4. The molecule has 0 aliphatic rings. The summed E-state index contributed by atoms with van der Waals surface area (Å²) >= 11 is 0. The van der Waals surface area contributed by atoms with Crippen LogP contribution in [0.1, 0.15) is 0 Å². The zero-order valence-corrected chi connectivity index (χ0v) is 19.6. The van der Waals surface area contributed by atoms with Crippen LogP contribution < -0.4 is 0 Å². The van der Waals surface area contributed by atoms with Crippen molar-refractivity contribution in [1.82, 2.24) is 9.97 Å². The van der Waals surface area contributed by atoms with E-state index in [1.807, 2.05) is 84.9 Å². The Kier molecular flexibility index (Phi) is 4.35. The Labute approximate surface area is 213 Å². The number of hydrogen-bond acceptors (Lipinski definition) is 8. The Morgan fingerprint density at radius 1 is 0.316 bits per heavy atom. The van der Waals surface area contributed by atoms with Crippen molar-refractivity contribution >= 4 is 22.2 Å². The topological polar surface area (TPSA) is 105 Å². The minimum absolute atomic E-state index is 0.413. The summed E-state index contributed by atoms with van der Waals surface area (Å²) < 4.78 is 35.6. The Morgan fingerprint density at radius 3 is 1.00 bits per heavy atom. The highest BCUT2D eigenvalue weighted by molar-refractivity contribution is 5.76. The Bertz CT molecular complexity index is 1850. The summed E-state index contributed by atoms with van der Waals surface area (Å²) in [5, 5.41) is 0. The van der Waals surface area contributed by atoms with E-state index < -0.39 is 0 Å². The number of fused-ring (bicyclic) bond motifs is 2. The number of para-hydroxylation sites is 4. The molecule has 0 atom stereocenters. The molecule has 8 nitrogen and oxygen atoms in total. The lowest BCUT2D eigenvalue weighted by molar-refractivity contribution is 0.496. The van der Waals surface area contributed by atoms with E-state index in [9.17, 15) is 0 Å². The molecule has 0 unspecified atom stereocenters. The van der Waals surface area contributed by atoms with Gasteiger partial charge in [-0.2, -0.15) is 0 Å². The lowest BCUT2D eigenvalue weighted by Crippen LogP contribution is -1.71. The molecule has 0 amide bonds. The maximum atomic E-state index is 6.03. The second-order valence-electron chi connectivity index (χ2n) is 8.63. The van der Waals surface area contributed by atoms with E-state index in [4.69, 9.17) is 26.5 Å². The van der Waals surface area contributed by atoms with Crippen molar-refractivity contribution in [2.75, 3.05) is 0 Å². The monoisotopic (exact) mass is 500 g/mol. The molecule has 8 heteroatoms. The lowest BCUT2D eigenvalue weighted by Gasteiger charge is -1.94. The summed E-state index contributed by atoms with van der Waals surface area (Å²) in [7, 11) is 0. The fourth-order valence-electron chi connectivity index (χ4n) is 4.33. The molecule has 2 aromatic carbocycles. The van der Waals surface area contributed by atoms with Crippen LogP contribution >= 0.6 is 0 Å².